The number of rotatable bonds is 3. The molecular formula is C16H29N3O3. The van der Waals surface area contributed by atoms with Crippen molar-refractivity contribution in [1.82, 2.24) is 15.1 Å². The van der Waals surface area contributed by atoms with Crippen LogP contribution in [0.4, 0.5) is 4.79 Å². The Morgan fingerprint density at radius 1 is 1.09 bits per heavy atom. The predicted molar refractivity (Wildman–Crippen MR) is 84.6 cm³/mol. The summed E-state index contributed by atoms with van der Waals surface area (Å²) in [4.78, 5) is 27.6. The maximum atomic E-state index is 12.2. The van der Waals surface area contributed by atoms with Crippen molar-refractivity contribution < 1.29 is 14.3 Å². The maximum absolute atomic E-state index is 12.2. The van der Waals surface area contributed by atoms with Gasteiger partial charge in [0, 0.05) is 32.2 Å². The molecule has 1 saturated heterocycles. The zero-order chi connectivity index (χ0) is 16.3. The highest BCUT2D eigenvalue weighted by Crippen LogP contribution is 2.25. The van der Waals surface area contributed by atoms with Gasteiger partial charge in [0.15, 0.2) is 0 Å². The average Bonchev–Trinajstić information content (AvgIpc) is 2.40. The molecule has 1 aliphatic heterocycles. The van der Waals surface area contributed by atoms with Crippen LogP contribution < -0.4 is 5.32 Å². The maximum Gasteiger partial charge on any atom is 0.410 e. The lowest BCUT2D eigenvalue weighted by Crippen LogP contribution is -2.54. The van der Waals surface area contributed by atoms with Gasteiger partial charge in [-0.2, -0.15) is 0 Å². The monoisotopic (exact) mass is 311 g/mol. The summed E-state index contributed by atoms with van der Waals surface area (Å²) in [5.74, 6) is 0.911. The summed E-state index contributed by atoms with van der Waals surface area (Å²) in [5.41, 5.74) is -0.478. The van der Waals surface area contributed by atoms with Gasteiger partial charge in [0.1, 0.15) is 5.60 Å². The number of carbonyl (C=O) groups excluding carboxylic acids is 2. The fourth-order valence-corrected chi connectivity index (χ4v) is 2.88. The van der Waals surface area contributed by atoms with Gasteiger partial charge >= 0.3 is 6.09 Å². The minimum Gasteiger partial charge on any atom is -0.444 e. The lowest BCUT2D eigenvalue weighted by molar-refractivity contribution is -0.132. The molecular weight excluding hydrogens is 282 g/mol. The van der Waals surface area contributed by atoms with Gasteiger partial charge < -0.3 is 19.9 Å². The lowest BCUT2D eigenvalue weighted by Gasteiger charge is -2.37. The summed E-state index contributed by atoms with van der Waals surface area (Å²) >= 11 is 0. The number of nitrogens with zero attached hydrogens (tertiary/aromatic N) is 2. The molecule has 1 heterocycles. The number of hydrogen-bond acceptors (Lipinski definition) is 4. The molecule has 2 aliphatic rings. The van der Waals surface area contributed by atoms with Crippen LogP contribution in [0.15, 0.2) is 0 Å². The second-order valence-corrected chi connectivity index (χ2v) is 7.50. The Kier molecular flexibility index (Phi) is 5.32. The van der Waals surface area contributed by atoms with E-state index >= 15 is 0 Å². The molecule has 0 bridgehead atoms. The van der Waals surface area contributed by atoms with E-state index in [-0.39, 0.29) is 12.0 Å². The number of nitrogens with one attached hydrogen (secondary N) is 1. The largest absolute Gasteiger partial charge is 0.444 e. The molecule has 2 fully saturated rings. The first-order valence-electron chi connectivity index (χ1n) is 8.23. The first-order chi connectivity index (χ1) is 10.2. The molecule has 0 spiro atoms. The van der Waals surface area contributed by atoms with Gasteiger partial charge in [-0.25, -0.2) is 4.79 Å². The smallest absolute Gasteiger partial charge is 0.410 e. The molecule has 0 aromatic carbocycles. The first-order valence-corrected chi connectivity index (χ1v) is 8.23. The van der Waals surface area contributed by atoms with E-state index < -0.39 is 5.60 Å². The molecule has 22 heavy (non-hydrogen) atoms. The van der Waals surface area contributed by atoms with E-state index in [1.807, 2.05) is 25.7 Å². The van der Waals surface area contributed by atoms with Crippen molar-refractivity contribution in [3.63, 3.8) is 0 Å². The zero-order valence-electron chi connectivity index (χ0n) is 14.2. The Bertz CT molecular complexity index is 405. The van der Waals surface area contributed by atoms with Gasteiger partial charge in [-0.3, -0.25) is 4.79 Å². The van der Waals surface area contributed by atoms with Crippen LogP contribution in [0.25, 0.3) is 0 Å². The second-order valence-electron chi connectivity index (χ2n) is 7.50. The molecule has 2 amide bonds. The Morgan fingerprint density at radius 2 is 1.64 bits per heavy atom. The highest BCUT2D eigenvalue weighted by Gasteiger charge is 2.29. The molecule has 0 aromatic rings. The Balaban J connectivity index is 1.67. The van der Waals surface area contributed by atoms with Crippen molar-refractivity contribution >= 4 is 12.0 Å². The van der Waals surface area contributed by atoms with Crippen molar-refractivity contribution in [2.24, 2.45) is 5.92 Å². The van der Waals surface area contributed by atoms with Crippen LogP contribution in [0.2, 0.25) is 0 Å². The van der Waals surface area contributed by atoms with Crippen LogP contribution in [-0.2, 0) is 9.53 Å². The van der Waals surface area contributed by atoms with Crippen LogP contribution in [0.1, 0.15) is 40.5 Å². The molecule has 1 N–H and O–H groups in total. The summed E-state index contributed by atoms with van der Waals surface area (Å²) in [7, 11) is 0. The van der Waals surface area contributed by atoms with Crippen molar-refractivity contribution in [3.05, 3.63) is 0 Å². The van der Waals surface area contributed by atoms with Crippen molar-refractivity contribution in [2.75, 3.05) is 32.7 Å². The number of carbonyl (C=O) groups is 2. The van der Waals surface area contributed by atoms with Crippen LogP contribution in [-0.4, -0.2) is 66.2 Å². The predicted octanol–water partition coefficient (Wildman–Crippen LogP) is 1.45. The summed E-state index contributed by atoms with van der Waals surface area (Å²) in [6, 6.07) is 0.502. The van der Waals surface area contributed by atoms with Gasteiger partial charge in [0.2, 0.25) is 5.91 Å². The number of hydrogen-bond donors (Lipinski definition) is 1. The normalized spacial score (nSPS) is 25.6. The third-order valence-electron chi connectivity index (χ3n) is 4.20. The molecule has 1 aliphatic carbocycles. The molecule has 0 aromatic heterocycles. The van der Waals surface area contributed by atoms with E-state index in [0.29, 0.717) is 38.8 Å². The summed E-state index contributed by atoms with van der Waals surface area (Å²) < 4.78 is 5.36. The number of piperazine rings is 1. The highest BCUT2D eigenvalue weighted by molar-refractivity contribution is 5.78. The Labute approximate surface area is 133 Å². The molecule has 0 radical (unpaired) electrons. The van der Waals surface area contributed by atoms with Crippen LogP contribution in [0.3, 0.4) is 0 Å². The Morgan fingerprint density at radius 3 is 2.14 bits per heavy atom. The van der Waals surface area contributed by atoms with Crippen molar-refractivity contribution in [1.29, 1.82) is 0 Å². The minimum atomic E-state index is -0.478. The van der Waals surface area contributed by atoms with Crippen LogP contribution in [0.5, 0.6) is 0 Å². The molecule has 126 valence electrons. The van der Waals surface area contributed by atoms with E-state index in [9.17, 15) is 9.59 Å². The highest BCUT2D eigenvalue weighted by atomic mass is 16.6. The van der Waals surface area contributed by atoms with E-state index in [2.05, 4.69) is 12.2 Å². The van der Waals surface area contributed by atoms with E-state index in [1.165, 1.54) is 12.8 Å². The summed E-state index contributed by atoms with van der Waals surface area (Å²) in [6.07, 6.45) is 2.04. The number of amides is 2. The lowest BCUT2D eigenvalue weighted by atomic mass is 9.82. The molecule has 0 atom stereocenters. The van der Waals surface area contributed by atoms with Gasteiger partial charge in [-0.1, -0.05) is 6.92 Å². The van der Waals surface area contributed by atoms with Crippen molar-refractivity contribution in [2.45, 2.75) is 52.2 Å². The third kappa shape index (κ3) is 4.87. The third-order valence-corrected chi connectivity index (χ3v) is 4.20. The molecule has 2 rings (SSSR count). The van der Waals surface area contributed by atoms with Gasteiger partial charge in [0.25, 0.3) is 0 Å². The molecule has 6 nitrogen and oxygen atoms in total. The molecule has 1 saturated carbocycles. The standard InChI is InChI=1S/C16H29N3O3/c1-12-9-13(10-12)17-11-14(20)18-5-7-19(8-6-18)15(21)22-16(2,3)4/h12-13,17H,5-11H2,1-4H3. The van der Waals surface area contributed by atoms with Gasteiger partial charge in [-0.15, -0.1) is 0 Å². The minimum absolute atomic E-state index is 0.128. The van der Waals surface area contributed by atoms with Crippen LogP contribution >= 0.6 is 0 Å². The molecule has 6 heteroatoms. The van der Waals surface area contributed by atoms with E-state index in [0.717, 1.165) is 5.92 Å². The zero-order valence-corrected chi connectivity index (χ0v) is 14.2. The van der Waals surface area contributed by atoms with Crippen LogP contribution in [0, 0.1) is 5.92 Å². The fraction of sp³-hybridized carbons (Fsp3) is 0.875. The Hall–Kier alpha value is -1.30. The number of ether oxygens (including phenoxy) is 1. The van der Waals surface area contributed by atoms with Crippen molar-refractivity contribution in [3.8, 4) is 0 Å². The summed E-state index contributed by atoms with van der Waals surface area (Å²) in [5, 5.41) is 3.32. The molecule has 0 unspecified atom stereocenters. The topological polar surface area (TPSA) is 61.9 Å². The van der Waals surface area contributed by atoms with E-state index in [4.69, 9.17) is 4.74 Å². The summed E-state index contributed by atoms with van der Waals surface area (Å²) in [6.45, 7) is 10.5. The SMILES string of the molecule is CC1CC(NCC(=O)N2CCN(C(=O)OC(C)(C)C)CC2)C1. The first kappa shape index (κ1) is 17.1. The average molecular weight is 311 g/mol. The second kappa shape index (κ2) is 6.86. The van der Waals surface area contributed by atoms with E-state index in [1.54, 1.807) is 4.90 Å². The van der Waals surface area contributed by atoms with Gasteiger partial charge in [0.05, 0.1) is 6.54 Å². The van der Waals surface area contributed by atoms with Gasteiger partial charge in [-0.05, 0) is 39.5 Å². The quantitative estimate of drug-likeness (QED) is 0.857. The fourth-order valence-electron chi connectivity index (χ4n) is 2.88.